The lowest BCUT2D eigenvalue weighted by Gasteiger charge is -2.34. The average Bonchev–Trinajstić information content (AvgIpc) is 2.53. The van der Waals surface area contributed by atoms with Crippen molar-refractivity contribution in [2.75, 3.05) is 6.54 Å². The van der Waals surface area contributed by atoms with E-state index in [0.29, 0.717) is 25.9 Å². The number of rotatable bonds is 4. The van der Waals surface area contributed by atoms with Crippen LogP contribution in [0, 0.1) is 16.7 Å². The number of aromatic nitrogens is 1. The number of carbonyl (C=O) groups excluding carboxylic acids is 1. The van der Waals surface area contributed by atoms with Gasteiger partial charge in [-0.2, -0.15) is 5.26 Å². The standard InChI is InChI=1S/C16H21N3O/c1-2-19(12-14-8-4-7-11-18-14)15(20)16(13-17)9-5-3-6-10-16/h4,7-8,11H,2-3,5-6,9-10,12H2,1H3. The van der Waals surface area contributed by atoms with E-state index < -0.39 is 5.41 Å². The van der Waals surface area contributed by atoms with Crippen molar-refractivity contribution in [2.45, 2.75) is 45.6 Å². The number of pyridine rings is 1. The second-order valence-electron chi connectivity index (χ2n) is 5.39. The van der Waals surface area contributed by atoms with Gasteiger partial charge in [0, 0.05) is 12.7 Å². The Morgan fingerprint density at radius 2 is 2.15 bits per heavy atom. The summed E-state index contributed by atoms with van der Waals surface area (Å²) in [6.07, 6.45) is 6.19. The Hall–Kier alpha value is -1.89. The highest BCUT2D eigenvalue weighted by Crippen LogP contribution is 2.37. The molecule has 1 heterocycles. The van der Waals surface area contributed by atoms with Crippen molar-refractivity contribution < 1.29 is 4.79 Å². The molecule has 0 radical (unpaired) electrons. The van der Waals surface area contributed by atoms with E-state index in [1.54, 1.807) is 11.1 Å². The predicted molar refractivity (Wildman–Crippen MR) is 76.5 cm³/mol. The summed E-state index contributed by atoms with van der Waals surface area (Å²) in [7, 11) is 0. The molecule has 0 saturated heterocycles. The quantitative estimate of drug-likeness (QED) is 0.846. The number of amides is 1. The molecule has 0 spiro atoms. The number of nitrogens with zero attached hydrogens (tertiary/aromatic N) is 3. The molecule has 4 heteroatoms. The fraction of sp³-hybridized carbons (Fsp3) is 0.562. The van der Waals surface area contributed by atoms with Gasteiger partial charge in [0.25, 0.3) is 0 Å². The van der Waals surface area contributed by atoms with E-state index in [1.807, 2.05) is 25.1 Å². The van der Waals surface area contributed by atoms with Gasteiger partial charge in [-0.3, -0.25) is 9.78 Å². The highest BCUT2D eigenvalue weighted by Gasteiger charge is 2.42. The van der Waals surface area contributed by atoms with Gasteiger partial charge in [0.1, 0.15) is 5.41 Å². The lowest BCUT2D eigenvalue weighted by Crippen LogP contribution is -2.44. The van der Waals surface area contributed by atoms with E-state index in [0.717, 1.165) is 25.0 Å². The third kappa shape index (κ3) is 2.98. The first-order chi connectivity index (χ1) is 9.72. The van der Waals surface area contributed by atoms with E-state index >= 15 is 0 Å². The molecule has 1 aromatic heterocycles. The van der Waals surface area contributed by atoms with Crippen LogP contribution < -0.4 is 0 Å². The summed E-state index contributed by atoms with van der Waals surface area (Å²) in [5.74, 6) is -0.0205. The van der Waals surface area contributed by atoms with Crippen LogP contribution in [0.25, 0.3) is 0 Å². The topological polar surface area (TPSA) is 57.0 Å². The van der Waals surface area contributed by atoms with Crippen molar-refractivity contribution in [1.82, 2.24) is 9.88 Å². The van der Waals surface area contributed by atoms with Gasteiger partial charge in [-0.1, -0.05) is 25.3 Å². The van der Waals surface area contributed by atoms with Gasteiger partial charge in [0.2, 0.25) is 5.91 Å². The van der Waals surface area contributed by atoms with Crippen LogP contribution in [0.2, 0.25) is 0 Å². The monoisotopic (exact) mass is 271 g/mol. The maximum absolute atomic E-state index is 12.8. The zero-order valence-electron chi connectivity index (χ0n) is 12.0. The molecule has 4 nitrogen and oxygen atoms in total. The Kier molecular flexibility index (Phi) is 4.73. The molecule has 1 saturated carbocycles. The molecule has 0 unspecified atom stereocenters. The van der Waals surface area contributed by atoms with Crippen LogP contribution in [0.5, 0.6) is 0 Å². The zero-order chi connectivity index (χ0) is 14.4. The Balaban J connectivity index is 2.14. The highest BCUT2D eigenvalue weighted by molar-refractivity contribution is 5.85. The van der Waals surface area contributed by atoms with Gasteiger partial charge in [-0.05, 0) is 31.9 Å². The van der Waals surface area contributed by atoms with Gasteiger partial charge in [-0.15, -0.1) is 0 Å². The molecular weight excluding hydrogens is 250 g/mol. The van der Waals surface area contributed by atoms with Crippen molar-refractivity contribution in [3.05, 3.63) is 30.1 Å². The summed E-state index contributed by atoms with van der Waals surface area (Å²) < 4.78 is 0. The summed E-state index contributed by atoms with van der Waals surface area (Å²) in [5.41, 5.74) is 0.0647. The largest absolute Gasteiger partial charge is 0.336 e. The van der Waals surface area contributed by atoms with Gasteiger partial charge >= 0.3 is 0 Å². The average molecular weight is 271 g/mol. The predicted octanol–water partition coefficient (Wildman–Crippen LogP) is 2.90. The first kappa shape index (κ1) is 14.5. The third-order valence-corrected chi connectivity index (χ3v) is 4.08. The minimum Gasteiger partial charge on any atom is -0.336 e. The molecule has 0 N–H and O–H groups in total. The van der Waals surface area contributed by atoms with E-state index in [2.05, 4.69) is 11.1 Å². The summed E-state index contributed by atoms with van der Waals surface area (Å²) >= 11 is 0. The van der Waals surface area contributed by atoms with Crippen molar-refractivity contribution in [3.8, 4) is 6.07 Å². The van der Waals surface area contributed by atoms with Crippen LogP contribution in [-0.2, 0) is 11.3 Å². The van der Waals surface area contributed by atoms with Crippen LogP contribution in [0.15, 0.2) is 24.4 Å². The number of nitriles is 1. The van der Waals surface area contributed by atoms with Gasteiger partial charge in [0.05, 0.1) is 18.3 Å². The molecule has 1 aliphatic carbocycles. The zero-order valence-corrected chi connectivity index (χ0v) is 12.0. The molecule has 0 atom stereocenters. The summed E-state index contributed by atoms with van der Waals surface area (Å²) in [5, 5.41) is 9.51. The van der Waals surface area contributed by atoms with Crippen LogP contribution >= 0.6 is 0 Å². The summed E-state index contributed by atoms with van der Waals surface area (Å²) in [6, 6.07) is 8.00. The van der Waals surface area contributed by atoms with E-state index in [-0.39, 0.29) is 5.91 Å². The Morgan fingerprint density at radius 3 is 2.70 bits per heavy atom. The third-order valence-electron chi connectivity index (χ3n) is 4.08. The Labute approximate surface area is 120 Å². The Morgan fingerprint density at radius 1 is 1.40 bits per heavy atom. The lowest BCUT2D eigenvalue weighted by atomic mass is 9.74. The summed E-state index contributed by atoms with van der Waals surface area (Å²) in [6.45, 7) is 3.05. The second kappa shape index (κ2) is 6.51. The molecule has 0 aliphatic heterocycles. The van der Waals surface area contributed by atoms with Crippen LogP contribution in [0.4, 0.5) is 0 Å². The number of hydrogen-bond acceptors (Lipinski definition) is 3. The molecule has 20 heavy (non-hydrogen) atoms. The van der Waals surface area contributed by atoms with E-state index in [4.69, 9.17) is 0 Å². The molecule has 2 rings (SSSR count). The molecule has 1 aromatic rings. The van der Waals surface area contributed by atoms with Crippen LogP contribution in [0.1, 0.15) is 44.7 Å². The molecule has 0 bridgehead atoms. The van der Waals surface area contributed by atoms with Gasteiger partial charge in [0.15, 0.2) is 0 Å². The molecule has 0 aromatic carbocycles. The number of carbonyl (C=O) groups is 1. The maximum Gasteiger partial charge on any atom is 0.243 e. The van der Waals surface area contributed by atoms with Crippen molar-refractivity contribution in [3.63, 3.8) is 0 Å². The fourth-order valence-electron chi connectivity index (χ4n) is 2.85. The number of hydrogen-bond donors (Lipinski definition) is 0. The highest BCUT2D eigenvalue weighted by atomic mass is 16.2. The van der Waals surface area contributed by atoms with E-state index in [9.17, 15) is 10.1 Å². The minimum absolute atomic E-state index is 0.0205. The van der Waals surface area contributed by atoms with Crippen LogP contribution in [-0.4, -0.2) is 22.3 Å². The minimum atomic E-state index is -0.803. The molecule has 106 valence electrons. The van der Waals surface area contributed by atoms with Crippen LogP contribution in [0.3, 0.4) is 0 Å². The Bertz CT molecular complexity index is 486. The maximum atomic E-state index is 12.8. The normalized spacial score (nSPS) is 17.2. The fourth-order valence-corrected chi connectivity index (χ4v) is 2.85. The second-order valence-corrected chi connectivity index (χ2v) is 5.39. The van der Waals surface area contributed by atoms with Gasteiger partial charge < -0.3 is 4.90 Å². The van der Waals surface area contributed by atoms with Crippen molar-refractivity contribution in [1.29, 1.82) is 5.26 Å². The van der Waals surface area contributed by atoms with E-state index in [1.165, 1.54) is 0 Å². The van der Waals surface area contributed by atoms with Crippen molar-refractivity contribution in [2.24, 2.45) is 5.41 Å². The first-order valence-corrected chi connectivity index (χ1v) is 7.32. The summed E-state index contributed by atoms with van der Waals surface area (Å²) in [4.78, 5) is 18.8. The molecule has 1 aliphatic rings. The molecule has 1 fully saturated rings. The molecule has 1 amide bonds. The van der Waals surface area contributed by atoms with Crippen molar-refractivity contribution >= 4 is 5.91 Å². The lowest BCUT2D eigenvalue weighted by molar-refractivity contribution is -0.141. The SMILES string of the molecule is CCN(Cc1ccccn1)C(=O)C1(C#N)CCCCC1. The molecular formula is C16H21N3O. The smallest absolute Gasteiger partial charge is 0.243 e. The first-order valence-electron chi connectivity index (χ1n) is 7.32. The van der Waals surface area contributed by atoms with Gasteiger partial charge in [-0.25, -0.2) is 0 Å².